The minimum Gasteiger partial charge on any atom is -0.493 e. The van der Waals surface area contributed by atoms with Gasteiger partial charge in [-0.15, -0.1) is 0 Å². The van der Waals surface area contributed by atoms with Crippen LogP contribution in [0.2, 0.25) is 0 Å². The van der Waals surface area contributed by atoms with Crippen molar-refractivity contribution >= 4 is 17.5 Å². The number of ether oxygens (including phenoxy) is 1. The van der Waals surface area contributed by atoms with Gasteiger partial charge in [0.05, 0.1) is 25.9 Å². The number of nitrogens with one attached hydrogen (secondary N) is 2. The molecule has 2 aliphatic rings. The van der Waals surface area contributed by atoms with Crippen LogP contribution in [0.1, 0.15) is 76.4 Å². The average Bonchev–Trinajstić information content (AvgIpc) is 3.55. The van der Waals surface area contributed by atoms with Gasteiger partial charge in [-0.1, -0.05) is 83.1 Å². The topological polar surface area (TPSA) is 127 Å². The fourth-order valence-electron chi connectivity index (χ4n) is 9.05. The fourth-order valence-corrected chi connectivity index (χ4v) is 9.05. The number of nitrogens with zero attached hydrogens (tertiary/aromatic N) is 3. The Bertz CT molecular complexity index is 1830. The van der Waals surface area contributed by atoms with Crippen molar-refractivity contribution in [3.05, 3.63) is 83.4 Å². The lowest BCUT2D eigenvalue weighted by Crippen LogP contribution is -2.56. The molecular formula is C47H69N5O6. The van der Waals surface area contributed by atoms with E-state index in [1.807, 2.05) is 94.6 Å². The molecule has 0 aromatic heterocycles. The van der Waals surface area contributed by atoms with E-state index in [0.29, 0.717) is 42.7 Å². The van der Waals surface area contributed by atoms with E-state index in [0.717, 1.165) is 34.4 Å². The quantitative estimate of drug-likeness (QED) is 0.138. The first-order valence-electron chi connectivity index (χ1n) is 21.1. The van der Waals surface area contributed by atoms with Crippen LogP contribution in [0.4, 0.5) is 5.69 Å². The second-order valence-corrected chi connectivity index (χ2v) is 17.9. The summed E-state index contributed by atoms with van der Waals surface area (Å²) < 4.78 is 6.41. The predicted molar refractivity (Wildman–Crippen MR) is 232 cm³/mol. The normalized spacial score (nSPS) is 25.6. The summed E-state index contributed by atoms with van der Waals surface area (Å²) in [5, 5.41) is 29.8. The number of amides is 2. The maximum Gasteiger partial charge on any atom is 0.251 e. The van der Waals surface area contributed by atoms with Gasteiger partial charge in [-0.05, 0) is 93.3 Å². The fraction of sp³-hybridized carbons (Fsp3) is 0.574. The number of carbonyl (C=O) groups excluding carboxylic acids is 2. The molecule has 11 heteroatoms. The molecule has 3 aromatic carbocycles. The number of likely N-dealkylation sites (N-methyl/N-ethyl adjacent to an activating group) is 1. The van der Waals surface area contributed by atoms with Gasteiger partial charge in [0.15, 0.2) is 0 Å². The summed E-state index contributed by atoms with van der Waals surface area (Å²) >= 11 is 0. The van der Waals surface area contributed by atoms with Crippen LogP contribution >= 0.6 is 0 Å². The molecule has 4 N–H and O–H groups in total. The highest BCUT2D eigenvalue weighted by atomic mass is 16.7. The number of carbonyl (C=O) groups is 2. The van der Waals surface area contributed by atoms with Gasteiger partial charge in [0.2, 0.25) is 5.91 Å². The van der Waals surface area contributed by atoms with Gasteiger partial charge in [-0.2, -0.15) is 5.06 Å². The molecule has 1 heterocycles. The summed E-state index contributed by atoms with van der Waals surface area (Å²) in [7, 11) is 7.92. The van der Waals surface area contributed by atoms with Crippen molar-refractivity contribution < 1.29 is 29.4 Å². The van der Waals surface area contributed by atoms with Crippen LogP contribution in [-0.2, 0) is 22.6 Å². The van der Waals surface area contributed by atoms with Crippen LogP contribution in [0.3, 0.4) is 0 Å². The third kappa shape index (κ3) is 10.2. The highest BCUT2D eigenvalue weighted by Gasteiger charge is 2.51. The van der Waals surface area contributed by atoms with Crippen molar-refractivity contribution in [3.8, 4) is 16.9 Å². The molecule has 318 valence electrons. The molecule has 9 atom stereocenters. The van der Waals surface area contributed by atoms with Gasteiger partial charge in [-0.3, -0.25) is 14.4 Å². The zero-order chi connectivity index (χ0) is 42.5. The molecule has 1 saturated heterocycles. The Morgan fingerprint density at radius 2 is 1.72 bits per heavy atom. The van der Waals surface area contributed by atoms with E-state index in [1.165, 1.54) is 0 Å². The smallest absolute Gasteiger partial charge is 0.251 e. The number of hydroxylamine groups is 2. The second-order valence-electron chi connectivity index (χ2n) is 17.9. The first-order chi connectivity index (χ1) is 27.5. The van der Waals surface area contributed by atoms with Crippen LogP contribution in [0.15, 0.2) is 66.7 Å². The minimum absolute atomic E-state index is 0.0376. The number of aliphatic hydroxyl groups is 2. The lowest BCUT2D eigenvalue weighted by atomic mass is 9.58. The number of rotatable bonds is 16. The van der Waals surface area contributed by atoms with E-state index in [-0.39, 0.29) is 48.4 Å². The van der Waals surface area contributed by atoms with Crippen molar-refractivity contribution in [3.63, 3.8) is 0 Å². The molecule has 2 amide bonds. The number of para-hydroxylation sites is 1. The van der Waals surface area contributed by atoms with E-state index in [2.05, 4.69) is 62.3 Å². The molecule has 0 bridgehead atoms. The Labute approximate surface area is 347 Å². The molecule has 1 aliphatic heterocycles. The average molecular weight is 800 g/mol. The third-order valence-corrected chi connectivity index (χ3v) is 13.1. The summed E-state index contributed by atoms with van der Waals surface area (Å²) in [5.41, 5.74) is 5.04. The SMILES string of the molecule is CCOc1c(CN2O[C@@H](CO)[C@@H]([C@H](C)O)[C@H]2C(=O)N[C@H]2C[C@@H](C)C(C)(C)[C@@H](C)[C@@H]2C)cccc1-c1cc(C(=O)N[C@H](Cc2ccccc2)CN(C)C)cc(N(C)C)c1. The molecule has 1 saturated carbocycles. The van der Waals surface area contributed by atoms with Crippen molar-refractivity contribution in [2.24, 2.45) is 29.1 Å². The Morgan fingerprint density at radius 1 is 1.02 bits per heavy atom. The van der Waals surface area contributed by atoms with Gasteiger partial charge in [0.1, 0.15) is 17.9 Å². The highest BCUT2D eigenvalue weighted by Crippen LogP contribution is 2.48. The van der Waals surface area contributed by atoms with Gasteiger partial charge in [0.25, 0.3) is 5.91 Å². The van der Waals surface area contributed by atoms with E-state index in [1.54, 1.807) is 12.0 Å². The van der Waals surface area contributed by atoms with E-state index in [9.17, 15) is 19.8 Å². The molecule has 2 fully saturated rings. The molecular weight excluding hydrogens is 731 g/mol. The summed E-state index contributed by atoms with van der Waals surface area (Å²) in [4.78, 5) is 38.9. The van der Waals surface area contributed by atoms with Crippen LogP contribution in [0.5, 0.6) is 5.75 Å². The number of anilines is 1. The van der Waals surface area contributed by atoms with Gasteiger partial charge >= 0.3 is 0 Å². The summed E-state index contributed by atoms with van der Waals surface area (Å²) in [6.45, 7) is 15.8. The number of hydrogen-bond acceptors (Lipinski definition) is 9. The Morgan fingerprint density at radius 3 is 2.34 bits per heavy atom. The largest absolute Gasteiger partial charge is 0.493 e. The van der Waals surface area contributed by atoms with Crippen molar-refractivity contribution in [2.45, 2.75) is 98.2 Å². The molecule has 58 heavy (non-hydrogen) atoms. The zero-order valence-corrected chi connectivity index (χ0v) is 36.7. The van der Waals surface area contributed by atoms with Gasteiger partial charge in [0, 0.05) is 61.0 Å². The van der Waals surface area contributed by atoms with E-state index < -0.39 is 24.2 Å². The molecule has 0 unspecified atom stereocenters. The number of benzene rings is 3. The molecule has 11 nitrogen and oxygen atoms in total. The third-order valence-electron chi connectivity index (χ3n) is 13.1. The minimum atomic E-state index is -0.917. The predicted octanol–water partition coefficient (Wildman–Crippen LogP) is 6.02. The van der Waals surface area contributed by atoms with Gasteiger partial charge in [-0.25, -0.2) is 0 Å². The summed E-state index contributed by atoms with van der Waals surface area (Å²) in [5.74, 6) is 0.597. The van der Waals surface area contributed by atoms with Gasteiger partial charge < -0.3 is 35.4 Å². The van der Waals surface area contributed by atoms with Crippen LogP contribution < -0.4 is 20.3 Å². The van der Waals surface area contributed by atoms with Crippen molar-refractivity contribution in [1.82, 2.24) is 20.6 Å². The first kappa shape index (κ1) is 45.1. The zero-order valence-electron chi connectivity index (χ0n) is 36.7. The van der Waals surface area contributed by atoms with Crippen LogP contribution in [-0.4, -0.2) is 110 Å². The lowest BCUT2D eigenvalue weighted by Gasteiger charge is -2.50. The van der Waals surface area contributed by atoms with Crippen LogP contribution in [0, 0.1) is 29.1 Å². The summed E-state index contributed by atoms with van der Waals surface area (Å²) in [6.07, 6.45) is -0.139. The van der Waals surface area contributed by atoms with Crippen LogP contribution in [0.25, 0.3) is 11.1 Å². The molecule has 0 spiro atoms. The monoisotopic (exact) mass is 800 g/mol. The molecule has 3 aromatic rings. The van der Waals surface area contributed by atoms with E-state index >= 15 is 0 Å². The lowest BCUT2D eigenvalue weighted by molar-refractivity contribution is -0.182. The number of hydrogen-bond donors (Lipinski definition) is 4. The van der Waals surface area contributed by atoms with Crippen molar-refractivity contribution in [1.29, 1.82) is 0 Å². The number of aliphatic hydroxyl groups excluding tert-OH is 2. The Kier molecular flexibility index (Phi) is 15.1. The Balaban J connectivity index is 1.48. The first-order valence-corrected chi connectivity index (χ1v) is 21.1. The molecule has 0 radical (unpaired) electrons. The second kappa shape index (κ2) is 19.4. The molecule has 1 aliphatic carbocycles. The standard InChI is InChI=1S/C47H69N5O6/c1-12-57-44-34(26-52-43(42(32(5)54)41(28-53)58-52)46(56)49-40-21-29(2)47(6,7)31(4)30(40)3)19-16-20-39(44)35-23-36(25-38(24-35)51(10)11)45(55)48-37(27-50(8)9)22-33-17-14-13-15-18-33/h13-20,23-25,29-32,37,40-43,53-54H,12,21-22,26-28H2,1-11H3,(H,48,55)(H,49,56)/t29-,30+,31+,32+,37-,40+,41+,42-,43+/m1/s1. The Hall–Kier alpha value is -4.00. The molecule has 5 rings (SSSR count). The highest BCUT2D eigenvalue weighted by molar-refractivity contribution is 5.97. The maximum atomic E-state index is 14.4. The van der Waals surface area contributed by atoms with E-state index in [4.69, 9.17) is 9.57 Å². The summed E-state index contributed by atoms with van der Waals surface area (Å²) in [6, 6.07) is 20.9. The maximum absolute atomic E-state index is 14.4. The van der Waals surface area contributed by atoms with Crippen molar-refractivity contribution in [2.75, 3.05) is 52.8 Å².